The number of carbonyl (C=O) groups excluding carboxylic acids is 2. The summed E-state index contributed by atoms with van der Waals surface area (Å²) in [5.41, 5.74) is 8.51. The molecule has 10 nitrogen and oxygen atoms in total. The molecule has 4 N–H and O–H groups in total. The van der Waals surface area contributed by atoms with Crippen LogP contribution in [0.2, 0.25) is 0 Å². The number of nitrogens with zero attached hydrogens (tertiary/aromatic N) is 3. The van der Waals surface area contributed by atoms with Crippen LogP contribution in [0.5, 0.6) is 0 Å². The van der Waals surface area contributed by atoms with Crippen molar-refractivity contribution in [2.24, 2.45) is 0 Å². The molecule has 0 atom stereocenters. The fourth-order valence-corrected chi connectivity index (χ4v) is 5.07. The number of fused-ring (bicyclic) bond motifs is 3. The number of hydrogen-bond acceptors (Lipinski definition) is 7. The lowest BCUT2D eigenvalue weighted by Gasteiger charge is -2.27. The molecule has 0 radical (unpaired) electrons. The van der Waals surface area contributed by atoms with Crippen LogP contribution in [-0.2, 0) is 11.3 Å². The number of anilines is 1. The number of ketones is 1. The van der Waals surface area contributed by atoms with E-state index in [0.29, 0.717) is 54.5 Å². The van der Waals surface area contributed by atoms with Crippen molar-refractivity contribution in [1.82, 2.24) is 30.8 Å². The quantitative estimate of drug-likeness (QED) is 0.341. The zero-order valence-corrected chi connectivity index (χ0v) is 20.0. The average Bonchev–Trinajstić information content (AvgIpc) is 3.46. The van der Waals surface area contributed by atoms with Gasteiger partial charge in [0.2, 0.25) is 0 Å². The van der Waals surface area contributed by atoms with Gasteiger partial charge in [-0.1, -0.05) is 36.4 Å². The van der Waals surface area contributed by atoms with Crippen molar-refractivity contribution in [3.05, 3.63) is 59.2 Å². The van der Waals surface area contributed by atoms with Crippen molar-refractivity contribution >= 4 is 17.5 Å². The van der Waals surface area contributed by atoms with E-state index in [0.717, 1.165) is 43.9 Å². The predicted octanol–water partition coefficient (Wildman–Crippen LogP) is 2.06. The van der Waals surface area contributed by atoms with Crippen molar-refractivity contribution in [2.45, 2.75) is 6.54 Å². The smallest absolute Gasteiger partial charge is 0.333 e. The first-order valence-corrected chi connectivity index (χ1v) is 12.4. The Morgan fingerprint density at radius 2 is 1.78 bits per heavy atom. The molecule has 3 aliphatic rings. The Kier molecular flexibility index (Phi) is 6.24. The maximum Gasteiger partial charge on any atom is 0.333 e. The van der Waals surface area contributed by atoms with Gasteiger partial charge < -0.3 is 15.4 Å². The molecule has 1 aromatic heterocycles. The fourth-order valence-electron chi connectivity index (χ4n) is 5.07. The van der Waals surface area contributed by atoms with E-state index in [-0.39, 0.29) is 11.8 Å². The number of nitrogens with one attached hydrogen (secondary N) is 4. The van der Waals surface area contributed by atoms with E-state index >= 15 is 0 Å². The van der Waals surface area contributed by atoms with Crippen LogP contribution in [0.1, 0.15) is 21.5 Å². The minimum Gasteiger partial charge on any atom is -0.379 e. The molecular formula is C26H29N7O3. The highest BCUT2D eigenvalue weighted by atomic mass is 16.5. The third-order valence-corrected chi connectivity index (χ3v) is 6.92. The van der Waals surface area contributed by atoms with Crippen molar-refractivity contribution in [1.29, 1.82) is 0 Å². The maximum absolute atomic E-state index is 13.6. The zero-order chi connectivity index (χ0) is 24.5. The Bertz CT molecular complexity index is 1280. The molecule has 10 heteroatoms. The first-order valence-electron chi connectivity index (χ1n) is 12.4. The highest BCUT2D eigenvalue weighted by Crippen LogP contribution is 2.42. The summed E-state index contributed by atoms with van der Waals surface area (Å²) in [5.74, 6) is -0.143. The molecule has 2 fully saturated rings. The number of aromatic nitrogens is 2. The monoisotopic (exact) mass is 487 g/mol. The second kappa shape index (κ2) is 9.82. The molecule has 3 heterocycles. The van der Waals surface area contributed by atoms with Crippen molar-refractivity contribution < 1.29 is 14.3 Å². The van der Waals surface area contributed by atoms with Gasteiger partial charge in [0.25, 0.3) is 0 Å². The maximum atomic E-state index is 13.6. The van der Waals surface area contributed by atoms with Crippen LogP contribution >= 0.6 is 0 Å². The van der Waals surface area contributed by atoms with Gasteiger partial charge in [0, 0.05) is 56.9 Å². The van der Waals surface area contributed by atoms with Crippen molar-refractivity contribution in [3.8, 4) is 22.5 Å². The first-order chi connectivity index (χ1) is 17.7. The molecule has 2 aromatic carbocycles. The molecule has 1 aliphatic carbocycles. The number of hydrogen-bond donors (Lipinski definition) is 4. The highest BCUT2D eigenvalue weighted by Gasteiger charge is 2.35. The van der Waals surface area contributed by atoms with Crippen LogP contribution in [0.3, 0.4) is 0 Å². The highest BCUT2D eigenvalue weighted by molar-refractivity contribution is 6.26. The van der Waals surface area contributed by atoms with Gasteiger partial charge in [-0.05, 0) is 11.6 Å². The van der Waals surface area contributed by atoms with E-state index < -0.39 is 0 Å². The Morgan fingerprint density at radius 1 is 1.00 bits per heavy atom. The lowest BCUT2D eigenvalue weighted by Crippen LogP contribution is -2.49. The standard InChI is InChI=1S/C26H29N7O3/c34-25-21-19(2-1-3-20(21)28-26(35)31-33-12-14-36-15-13-33)24-22(25)23(29-30-24)18-6-4-17(5-7-18)16-32-10-8-27-9-11-32/h1-7,27H,8-16H2,(H,29,30)(H2,28,31,35). The summed E-state index contributed by atoms with van der Waals surface area (Å²) >= 11 is 0. The number of morpholine rings is 1. The molecule has 0 unspecified atom stereocenters. The molecule has 2 amide bonds. The molecule has 0 spiro atoms. The van der Waals surface area contributed by atoms with Gasteiger partial charge in [0.15, 0.2) is 5.78 Å². The van der Waals surface area contributed by atoms with Gasteiger partial charge in [-0.2, -0.15) is 5.10 Å². The molecule has 36 heavy (non-hydrogen) atoms. The van der Waals surface area contributed by atoms with Crippen LogP contribution in [0.4, 0.5) is 10.5 Å². The topological polar surface area (TPSA) is 115 Å². The van der Waals surface area contributed by atoms with Gasteiger partial charge in [0.1, 0.15) is 5.69 Å². The number of benzene rings is 2. The van der Waals surface area contributed by atoms with E-state index in [1.165, 1.54) is 5.56 Å². The number of aromatic amines is 1. The fraction of sp³-hybridized carbons (Fsp3) is 0.346. The van der Waals surface area contributed by atoms with Crippen LogP contribution in [-0.4, -0.2) is 84.4 Å². The molecule has 6 rings (SSSR count). The van der Waals surface area contributed by atoms with Crippen LogP contribution < -0.4 is 16.1 Å². The first kappa shape index (κ1) is 22.9. The second-order valence-electron chi connectivity index (χ2n) is 9.27. The Labute approximate surface area is 209 Å². The summed E-state index contributed by atoms with van der Waals surface area (Å²) in [4.78, 5) is 28.6. The summed E-state index contributed by atoms with van der Waals surface area (Å²) in [6.07, 6.45) is 0. The Hall–Kier alpha value is -3.57. The number of ether oxygens (including phenoxy) is 1. The number of amides is 2. The summed E-state index contributed by atoms with van der Waals surface area (Å²) in [5, 5.41) is 15.6. The summed E-state index contributed by atoms with van der Waals surface area (Å²) in [6.45, 7) is 7.41. The number of piperazine rings is 1. The van der Waals surface area contributed by atoms with Crippen molar-refractivity contribution in [3.63, 3.8) is 0 Å². The summed E-state index contributed by atoms with van der Waals surface area (Å²) in [6, 6.07) is 13.3. The largest absolute Gasteiger partial charge is 0.379 e. The summed E-state index contributed by atoms with van der Waals surface area (Å²) < 4.78 is 5.32. The van der Waals surface area contributed by atoms with Gasteiger partial charge in [0.05, 0.1) is 35.7 Å². The van der Waals surface area contributed by atoms with E-state index in [2.05, 4.69) is 43.3 Å². The number of H-pyrrole nitrogens is 1. The van der Waals surface area contributed by atoms with E-state index in [1.807, 2.05) is 24.3 Å². The normalized spacial score (nSPS) is 18.1. The minimum absolute atomic E-state index is 0.143. The molecule has 2 aliphatic heterocycles. The molecule has 2 saturated heterocycles. The van der Waals surface area contributed by atoms with Crippen LogP contribution in [0, 0.1) is 0 Å². The number of urea groups is 1. The molecular weight excluding hydrogens is 458 g/mol. The van der Waals surface area contributed by atoms with E-state index in [4.69, 9.17) is 4.74 Å². The number of carbonyl (C=O) groups is 2. The third kappa shape index (κ3) is 4.40. The lowest BCUT2D eigenvalue weighted by atomic mass is 10.0. The van der Waals surface area contributed by atoms with Gasteiger partial charge in [-0.3, -0.25) is 20.2 Å². The third-order valence-electron chi connectivity index (χ3n) is 6.92. The molecule has 3 aromatic rings. The van der Waals surface area contributed by atoms with Gasteiger partial charge in [-0.15, -0.1) is 0 Å². The average molecular weight is 488 g/mol. The summed E-state index contributed by atoms with van der Waals surface area (Å²) in [7, 11) is 0. The zero-order valence-electron chi connectivity index (χ0n) is 20.0. The van der Waals surface area contributed by atoms with Gasteiger partial charge >= 0.3 is 6.03 Å². The molecule has 186 valence electrons. The number of rotatable bonds is 5. The SMILES string of the molecule is O=C(Nc1cccc2c1C(=O)c1c(-c3ccc(CN4CCNCC4)cc3)n[nH]c1-2)NN1CCOCC1. The van der Waals surface area contributed by atoms with E-state index in [9.17, 15) is 9.59 Å². The van der Waals surface area contributed by atoms with Crippen molar-refractivity contribution in [2.75, 3.05) is 57.8 Å². The predicted molar refractivity (Wildman–Crippen MR) is 136 cm³/mol. The van der Waals surface area contributed by atoms with Crippen LogP contribution in [0.25, 0.3) is 22.5 Å². The van der Waals surface area contributed by atoms with E-state index in [1.54, 1.807) is 11.1 Å². The minimum atomic E-state index is -0.382. The lowest BCUT2D eigenvalue weighted by molar-refractivity contribution is 0.0207. The Balaban J connectivity index is 1.21. The van der Waals surface area contributed by atoms with Crippen LogP contribution in [0.15, 0.2) is 42.5 Å². The number of hydrazine groups is 1. The molecule has 0 saturated carbocycles. The second-order valence-corrected chi connectivity index (χ2v) is 9.27. The van der Waals surface area contributed by atoms with Gasteiger partial charge in [-0.25, -0.2) is 9.80 Å². The molecule has 0 bridgehead atoms. The Morgan fingerprint density at radius 3 is 2.56 bits per heavy atom.